The highest BCUT2D eigenvalue weighted by Gasteiger charge is 2.09. The third kappa shape index (κ3) is 5.97. The minimum absolute atomic E-state index is 0.108. The summed E-state index contributed by atoms with van der Waals surface area (Å²) in [5.41, 5.74) is 1.15. The van der Waals surface area contributed by atoms with Crippen molar-refractivity contribution in [1.29, 1.82) is 0 Å². The first-order valence-electron chi connectivity index (χ1n) is 6.54. The topological polar surface area (TPSA) is 29.5 Å². The van der Waals surface area contributed by atoms with E-state index in [2.05, 4.69) is 0 Å². The molecule has 3 nitrogen and oxygen atoms in total. The third-order valence-electron chi connectivity index (χ3n) is 3.07. The predicted molar refractivity (Wildman–Crippen MR) is 78.9 cm³/mol. The van der Waals surface area contributed by atoms with Gasteiger partial charge in [0.05, 0.1) is 7.11 Å². The molecule has 4 heteroatoms. The lowest BCUT2D eigenvalue weighted by molar-refractivity contribution is -0.129. The molecule has 0 saturated carbocycles. The number of carbonyl (C=O) groups is 1. The number of carbonyl (C=O) groups excluding carboxylic acids is 1. The monoisotopic (exact) mass is 283 g/mol. The number of methoxy groups -OCH3 is 1. The fourth-order valence-corrected chi connectivity index (χ4v) is 1.83. The van der Waals surface area contributed by atoms with Crippen molar-refractivity contribution in [3.05, 3.63) is 29.8 Å². The Bertz CT molecular complexity index is 390. The van der Waals surface area contributed by atoms with Gasteiger partial charge in [-0.1, -0.05) is 12.1 Å². The largest absolute Gasteiger partial charge is 0.497 e. The smallest absolute Gasteiger partial charge is 0.222 e. The molecule has 0 aliphatic rings. The van der Waals surface area contributed by atoms with E-state index in [1.54, 1.807) is 12.0 Å². The molecule has 0 aliphatic carbocycles. The molecule has 1 aromatic rings. The van der Waals surface area contributed by atoms with E-state index in [-0.39, 0.29) is 11.3 Å². The number of nitrogens with zero attached hydrogens (tertiary/aromatic N) is 1. The van der Waals surface area contributed by atoms with Gasteiger partial charge >= 0.3 is 0 Å². The molecule has 1 unspecified atom stereocenters. The Kier molecular flexibility index (Phi) is 6.71. The van der Waals surface area contributed by atoms with E-state index in [4.69, 9.17) is 16.3 Å². The fourth-order valence-electron chi connectivity index (χ4n) is 1.73. The molecule has 1 rings (SSSR count). The van der Waals surface area contributed by atoms with Crippen LogP contribution in [0.15, 0.2) is 24.3 Å². The standard InChI is InChI=1S/C15H22ClNO2/c1-12(16)10-11-17(2)15(18)9-6-13-4-7-14(19-3)8-5-13/h4-5,7-8,12H,6,9-11H2,1-3H3. The number of alkyl halides is 1. The molecule has 0 aromatic heterocycles. The van der Waals surface area contributed by atoms with E-state index in [0.29, 0.717) is 13.0 Å². The van der Waals surface area contributed by atoms with Crippen molar-refractivity contribution in [3.63, 3.8) is 0 Å². The van der Waals surface area contributed by atoms with Crippen LogP contribution < -0.4 is 4.74 Å². The number of benzene rings is 1. The Morgan fingerprint density at radius 2 is 2.00 bits per heavy atom. The van der Waals surface area contributed by atoms with Crippen LogP contribution in [-0.2, 0) is 11.2 Å². The van der Waals surface area contributed by atoms with E-state index in [9.17, 15) is 4.79 Å². The molecule has 19 heavy (non-hydrogen) atoms. The molecule has 0 fully saturated rings. The van der Waals surface area contributed by atoms with Crippen molar-refractivity contribution < 1.29 is 9.53 Å². The summed E-state index contributed by atoms with van der Waals surface area (Å²) in [4.78, 5) is 13.7. The fraction of sp³-hybridized carbons (Fsp3) is 0.533. The summed E-state index contributed by atoms with van der Waals surface area (Å²) in [6.45, 7) is 2.66. The molecule has 0 heterocycles. The molecule has 1 aromatic carbocycles. The minimum atomic E-state index is 0.108. The van der Waals surface area contributed by atoms with Gasteiger partial charge in [0.25, 0.3) is 0 Å². The Labute approximate surface area is 120 Å². The van der Waals surface area contributed by atoms with Gasteiger partial charge in [-0.05, 0) is 37.5 Å². The lowest BCUT2D eigenvalue weighted by Gasteiger charge is -2.17. The Morgan fingerprint density at radius 3 is 2.53 bits per heavy atom. The van der Waals surface area contributed by atoms with Crippen LogP contribution in [0, 0.1) is 0 Å². The molecule has 106 valence electrons. The van der Waals surface area contributed by atoms with Crippen LogP contribution in [0.1, 0.15) is 25.3 Å². The minimum Gasteiger partial charge on any atom is -0.497 e. The number of ether oxygens (including phenoxy) is 1. The van der Waals surface area contributed by atoms with Gasteiger partial charge in [-0.25, -0.2) is 0 Å². The van der Waals surface area contributed by atoms with Crippen molar-refractivity contribution in [2.45, 2.75) is 31.6 Å². The summed E-state index contributed by atoms with van der Waals surface area (Å²) in [7, 11) is 3.47. The summed E-state index contributed by atoms with van der Waals surface area (Å²) in [5, 5.41) is 0.108. The molecule has 1 amide bonds. The zero-order valence-corrected chi connectivity index (χ0v) is 12.6. The number of amides is 1. The molecule has 0 bridgehead atoms. The summed E-state index contributed by atoms with van der Waals surface area (Å²) in [5.74, 6) is 0.997. The zero-order valence-electron chi connectivity index (χ0n) is 11.9. The van der Waals surface area contributed by atoms with Crippen LogP contribution in [0.3, 0.4) is 0 Å². The normalized spacial score (nSPS) is 12.0. The van der Waals surface area contributed by atoms with Crippen molar-refractivity contribution in [2.75, 3.05) is 20.7 Å². The van der Waals surface area contributed by atoms with Gasteiger partial charge in [-0.3, -0.25) is 4.79 Å². The Morgan fingerprint density at radius 1 is 1.37 bits per heavy atom. The van der Waals surface area contributed by atoms with Crippen molar-refractivity contribution in [2.24, 2.45) is 0 Å². The summed E-state index contributed by atoms with van der Waals surface area (Å²) in [6.07, 6.45) is 2.11. The lowest BCUT2D eigenvalue weighted by Crippen LogP contribution is -2.28. The summed E-state index contributed by atoms with van der Waals surface area (Å²) < 4.78 is 5.10. The number of hydrogen-bond donors (Lipinski definition) is 0. The van der Waals surface area contributed by atoms with Gasteiger partial charge in [-0.2, -0.15) is 0 Å². The average molecular weight is 284 g/mol. The maximum atomic E-state index is 11.9. The predicted octanol–water partition coefficient (Wildman–Crippen LogP) is 3.10. The number of hydrogen-bond acceptors (Lipinski definition) is 2. The molecular formula is C15H22ClNO2. The second-order valence-corrected chi connectivity index (χ2v) is 5.48. The second kappa shape index (κ2) is 8.05. The Hall–Kier alpha value is -1.22. The SMILES string of the molecule is COc1ccc(CCC(=O)N(C)CCC(C)Cl)cc1. The second-order valence-electron chi connectivity index (χ2n) is 4.73. The average Bonchev–Trinajstić information content (AvgIpc) is 2.42. The third-order valence-corrected chi connectivity index (χ3v) is 3.29. The molecule has 1 atom stereocenters. The first-order valence-corrected chi connectivity index (χ1v) is 6.97. The molecule has 0 saturated heterocycles. The van der Waals surface area contributed by atoms with Gasteiger partial charge in [0.1, 0.15) is 5.75 Å². The summed E-state index contributed by atoms with van der Waals surface area (Å²) in [6, 6.07) is 7.82. The van der Waals surface area contributed by atoms with Gasteiger partial charge in [0, 0.05) is 25.4 Å². The van der Waals surface area contributed by atoms with Crippen molar-refractivity contribution >= 4 is 17.5 Å². The van der Waals surface area contributed by atoms with Crippen molar-refractivity contribution in [1.82, 2.24) is 4.90 Å². The highest BCUT2D eigenvalue weighted by atomic mass is 35.5. The van der Waals surface area contributed by atoms with Crippen molar-refractivity contribution in [3.8, 4) is 5.75 Å². The van der Waals surface area contributed by atoms with E-state index in [1.807, 2.05) is 38.2 Å². The van der Waals surface area contributed by atoms with Crippen LogP contribution in [0.5, 0.6) is 5.75 Å². The van der Waals surface area contributed by atoms with Gasteiger partial charge in [0.15, 0.2) is 0 Å². The molecule has 0 N–H and O–H groups in total. The zero-order chi connectivity index (χ0) is 14.3. The first kappa shape index (κ1) is 15.8. The van der Waals surface area contributed by atoms with Gasteiger partial charge in [0.2, 0.25) is 5.91 Å². The Balaban J connectivity index is 2.36. The maximum Gasteiger partial charge on any atom is 0.222 e. The van der Waals surface area contributed by atoms with Crippen LogP contribution in [0.2, 0.25) is 0 Å². The highest BCUT2D eigenvalue weighted by Crippen LogP contribution is 2.13. The van der Waals surface area contributed by atoms with Crippen LogP contribution in [0.25, 0.3) is 0 Å². The van der Waals surface area contributed by atoms with Gasteiger partial charge in [-0.15, -0.1) is 11.6 Å². The summed E-state index contributed by atoms with van der Waals surface area (Å²) >= 11 is 5.88. The molecule has 0 spiro atoms. The number of aryl methyl sites for hydroxylation is 1. The van der Waals surface area contributed by atoms with Crippen LogP contribution in [0.4, 0.5) is 0 Å². The number of halogens is 1. The van der Waals surface area contributed by atoms with Crippen LogP contribution >= 0.6 is 11.6 Å². The lowest BCUT2D eigenvalue weighted by atomic mass is 10.1. The first-order chi connectivity index (χ1) is 9.02. The van der Waals surface area contributed by atoms with E-state index < -0.39 is 0 Å². The quantitative estimate of drug-likeness (QED) is 0.720. The molecular weight excluding hydrogens is 262 g/mol. The maximum absolute atomic E-state index is 11.9. The molecule has 0 aliphatic heterocycles. The highest BCUT2D eigenvalue weighted by molar-refractivity contribution is 6.20. The number of rotatable bonds is 7. The van der Waals surface area contributed by atoms with E-state index >= 15 is 0 Å². The van der Waals surface area contributed by atoms with Crippen LogP contribution in [-0.4, -0.2) is 36.9 Å². The molecule has 0 radical (unpaired) electrons. The van der Waals surface area contributed by atoms with E-state index in [0.717, 1.165) is 24.2 Å². The van der Waals surface area contributed by atoms with E-state index in [1.165, 1.54) is 0 Å². The van der Waals surface area contributed by atoms with Gasteiger partial charge < -0.3 is 9.64 Å².